The zero-order valence-corrected chi connectivity index (χ0v) is 11.8. The Hall–Kier alpha value is -2.11. The topological polar surface area (TPSA) is 75.4 Å². The van der Waals surface area contributed by atoms with Gasteiger partial charge < -0.3 is 10.0 Å². The lowest BCUT2D eigenvalue weighted by molar-refractivity contribution is -0.136. The standard InChI is InChI=1S/C15H19N3O3/c19-14(11-4-1-2-5-11)17-7-3-6-13(10-17)18-9-12(8-16-18)15(20)21/h1-2,8-9,11,13H,3-7,10H2,(H,20,21)/t13-/m1/s1. The van der Waals surface area contributed by atoms with Crippen molar-refractivity contribution in [3.63, 3.8) is 0 Å². The molecule has 1 amide bonds. The van der Waals surface area contributed by atoms with Gasteiger partial charge in [-0.25, -0.2) is 4.79 Å². The predicted octanol–water partition coefficient (Wildman–Crippen LogP) is 1.71. The number of aromatic carboxylic acids is 1. The van der Waals surface area contributed by atoms with Crippen molar-refractivity contribution in [1.29, 1.82) is 0 Å². The van der Waals surface area contributed by atoms with Crippen LogP contribution in [0.1, 0.15) is 42.1 Å². The van der Waals surface area contributed by atoms with Crippen LogP contribution in [0.25, 0.3) is 0 Å². The van der Waals surface area contributed by atoms with Crippen molar-refractivity contribution in [2.24, 2.45) is 5.92 Å². The van der Waals surface area contributed by atoms with Gasteiger partial charge in [0.25, 0.3) is 0 Å². The van der Waals surface area contributed by atoms with Gasteiger partial charge in [0, 0.05) is 25.2 Å². The molecule has 21 heavy (non-hydrogen) atoms. The van der Waals surface area contributed by atoms with Crippen LogP contribution < -0.4 is 0 Å². The van der Waals surface area contributed by atoms with Gasteiger partial charge in [0.1, 0.15) is 0 Å². The smallest absolute Gasteiger partial charge is 0.338 e. The molecule has 0 bridgehead atoms. The molecule has 1 aromatic heterocycles. The summed E-state index contributed by atoms with van der Waals surface area (Å²) in [6.07, 6.45) is 10.6. The molecule has 0 saturated carbocycles. The first-order valence-electron chi connectivity index (χ1n) is 7.36. The van der Waals surface area contributed by atoms with E-state index in [1.807, 2.05) is 4.90 Å². The summed E-state index contributed by atoms with van der Waals surface area (Å²) in [5, 5.41) is 13.1. The third-order valence-electron chi connectivity index (χ3n) is 4.29. The van der Waals surface area contributed by atoms with Gasteiger partial charge in [0.15, 0.2) is 0 Å². The summed E-state index contributed by atoms with van der Waals surface area (Å²) in [5.74, 6) is -0.659. The monoisotopic (exact) mass is 289 g/mol. The molecular weight excluding hydrogens is 270 g/mol. The number of amides is 1. The minimum absolute atomic E-state index is 0.0742. The highest BCUT2D eigenvalue weighted by Gasteiger charge is 2.30. The number of carbonyl (C=O) groups excluding carboxylic acids is 1. The molecule has 1 aliphatic carbocycles. The summed E-state index contributed by atoms with van der Waals surface area (Å²) in [7, 11) is 0. The number of carboxylic acids is 1. The number of carboxylic acid groups (broad SMARTS) is 1. The largest absolute Gasteiger partial charge is 0.478 e. The molecule has 1 aromatic rings. The van der Waals surface area contributed by atoms with E-state index in [1.54, 1.807) is 10.9 Å². The maximum absolute atomic E-state index is 12.5. The van der Waals surface area contributed by atoms with Crippen molar-refractivity contribution in [2.45, 2.75) is 31.7 Å². The molecule has 0 unspecified atom stereocenters. The number of allylic oxidation sites excluding steroid dienone is 2. The van der Waals surface area contributed by atoms with Crippen molar-refractivity contribution < 1.29 is 14.7 Å². The van der Waals surface area contributed by atoms with Crippen LogP contribution in [0.3, 0.4) is 0 Å². The van der Waals surface area contributed by atoms with Crippen LogP contribution in [0, 0.1) is 5.92 Å². The average molecular weight is 289 g/mol. The summed E-state index contributed by atoms with van der Waals surface area (Å²) < 4.78 is 1.69. The lowest BCUT2D eigenvalue weighted by atomic mass is 10.0. The summed E-state index contributed by atoms with van der Waals surface area (Å²) in [4.78, 5) is 25.3. The number of hydrogen-bond acceptors (Lipinski definition) is 3. The molecule has 1 N–H and O–H groups in total. The molecule has 1 aliphatic heterocycles. The molecule has 6 nitrogen and oxygen atoms in total. The number of piperidine rings is 1. The van der Waals surface area contributed by atoms with E-state index >= 15 is 0 Å². The van der Waals surface area contributed by atoms with Crippen molar-refractivity contribution in [3.05, 3.63) is 30.1 Å². The first-order chi connectivity index (χ1) is 10.1. The number of nitrogens with zero attached hydrogens (tertiary/aromatic N) is 3. The molecule has 1 saturated heterocycles. The fourth-order valence-corrected chi connectivity index (χ4v) is 3.10. The van der Waals surface area contributed by atoms with Crippen molar-refractivity contribution in [1.82, 2.24) is 14.7 Å². The highest BCUT2D eigenvalue weighted by molar-refractivity contribution is 5.86. The highest BCUT2D eigenvalue weighted by Crippen LogP contribution is 2.26. The molecule has 0 spiro atoms. The molecular formula is C15H19N3O3. The van der Waals surface area contributed by atoms with Gasteiger partial charge in [0.2, 0.25) is 5.91 Å². The van der Waals surface area contributed by atoms with Crippen molar-refractivity contribution >= 4 is 11.9 Å². The van der Waals surface area contributed by atoms with Crippen LogP contribution in [-0.4, -0.2) is 44.8 Å². The Kier molecular flexibility index (Phi) is 3.77. The third-order valence-corrected chi connectivity index (χ3v) is 4.29. The second kappa shape index (κ2) is 5.71. The first-order valence-corrected chi connectivity index (χ1v) is 7.36. The molecule has 0 radical (unpaired) electrons. The van der Waals surface area contributed by atoms with Crippen LogP contribution >= 0.6 is 0 Å². The number of likely N-dealkylation sites (tertiary alicyclic amines) is 1. The number of aromatic nitrogens is 2. The average Bonchev–Trinajstić information content (AvgIpc) is 3.18. The maximum Gasteiger partial charge on any atom is 0.338 e. The van der Waals surface area contributed by atoms with E-state index < -0.39 is 5.97 Å². The first kappa shape index (κ1) is 13.9. The minimum Gasteiger partial charge on any atom is -0.478 e. The van der Waals surface area contributed by atoms with Crippen LogP contribution in [0.5, 0.6) is 0 Å². The van der Waals surface area contributed by atoms with Crippen molar-refractivity contribution in [2.75, 3.05) is 13.1 Å². The Morgan fingerprint density at radius 2 is 2.05 bits per heavy atom. The van der Waals surface area contributed by atoms with E-state index in [0.29, 0.717) is 6.54 Å². The van der Waals surface area contributed by atoms with E-state index in [-0.39, 0.29) is 23.4 Å². The van der Waals surface area contributed by atoms with E-state index in [2.05, 4.69) is 17.3 Å². The van der Waals surface area contributed by atoms with Crippen molar-refractivity contribution in [3.8, 4) is 0 Å². The molecule has 3 rings (SSSR count). The molecule has 1 fully saturated rings. The van der Waals surface area contributed by atoms with Gasteiger partial charge in [-0.2, -0.15) is 5.10 Å². The summed E-state index contributed by atoms with van der Waals surface area (Å²) in [6.45, 7) is 1.41. The summed E-state index contributed by atoms with van der Waals surface area (Å²) >= 11 is 0. The second-order valence-electron chi connectivity index (χ2n) is 5.73. The molecule has 0 aromatic carbocycles. The van der Waals surface area contributed by atoms with Gasteiger partial charge in [-0.1, -0.05) is 12.2 Å². The Bertz CT molecular complexity index is 570. The van der Waals surface area contributed by atoms with Crippen LogP contribution in [-0.2, 0) is 4.79 Å². The van der Waals surface area contributed by atoms with E-state index in [1.165, 1.54) is 6.20 Å². The highest BCUT2D eigenvalue weighted by atomic mass is 16.4. The molecule has 2 aliphatic rings. The Morgan fingerprint density at radius 3 is 2.71 bits per heavy atom. The zero-order valence-electron chi connectivity index (χ0n) is 11.8. The third kappa shape index (κ3) is 2.84. The van der Waals surface area contributed by atoms with Crippen LogP contribution in [0.15, 0.2) is 24.5 Å². The zero-order chi connectivity index (χ0) is 14.8. The van der Waals surface area contributed by atoms with E-state index in [0.717, 1.165) is 32.2 Å². The molecule has 2 heterocycles. The van der Waals surface area contributed by atoms with Gasteiger partial charge in [-0.3, -0.25) is 9.48 Å². The number of rotatable bonds is 3. The minimum atomic E-state index is -0.970. The maximum atomic E-state index is 12.5. The second-order valence-corrected chi connectivity index (χ2v) is 5.73. The van der Waals surface area contributed by atoms with Gasteiger partial charge in [0.05, 0.1) is 17.8 Å². The Morgan fingerprint density at radius 1 is 1.29 bits per heavy atom. The number of hydrogen-bond donors (Lipinski definition) is 1. The van der Waals surface area contributed by atoms with Crippen LogP contribution in [0.4, 0.5) is 0 Å². The molecule has 112 valence electrons. The quantitative estimate of drug-likeness (QED) is 0.860. The Labute approximate surface area is 123 Å². The SMILES string of the molecule is O=C(O)c1cnn([C@@H]2CCCN(C(=O)C3CC=CC3)C2)c1. The van der Waals surface area contributed by atoms with Gasteiger partial charge in [-0.05, 0) is 25.7 Å². The lowest BCUT2D eigenvalue weighted by Gasteiger charge is -2.34. The van der Waals surface area contributed by atoms with E-state index in [4.69, 9.17) is 5.11 Å². The summed E-state index contributed by atoms with van der Waals surface area (Å²) in [5.41, 5.74) is 0.193. The van der Waals surface area contributed by atoms with Crippen LogP contribution in [0.2, 0.25) is 0 Å². The number of carbonyl (C=O) groups is 2. The van der Waals surface area contributed by atoms with Gasteiger partial charge in [-0.15, -0.1) is 0 Å². The van der Waals surface area contributed by atoms with E-state index in [9.17, 15) is 9.59 Å². The van der Waals surface area contributed by atoms with Gasteiger partial charge >= 0.3 is 5.97 Å². The molecule has 1 atom stereocenters. The molecule has 6 heteroatoms. The fraction of sp³-hybridized carbons (Fsp3) is 0.533. The normalized spacial score (nSPS) is 22.7. The lowest BCUT2D eigenvalue weighted by Crippen LogP contribution is -2.43. The Balaban J connectivity index is 1.67. The fourth-order valence-electron chi connectivity index (χ4n) is 3.10. The predicted molar refractivity (Wildman–Crippen MR) is 75.9 cm³/mol. The summed E-state index contributed by atoms with van der Waals surface area (Å²) in [6, 6.07) is 0.0742.